The molecule has 3 heterocycles. The van der Waals surface area contributed by atoms with Crippen LogP contribution in [0.5, 0.6) is 0 Å². The van der Waals surface area contributed by atoms with Gasteiger partial charge in [0.25, 0.3) is 0 Å². The summed E-state index contributed by atoms with van der Waals surface area (Å²) in [6, 6.07) is 23.0. The molecule has 0 fully saturated rings. The van der Waals surface area contributed by atoms with Crippen LogP contribution >= 0.6 is 11.6 Å². The predicted molar refractivity (Wildman–Crippen MR) is 194 cm³/mol. The SMILES string of the molecule is COC(=O)c1ccc2c(c1)nc(NCCn1cc(CCN(Cc3ccc(-c4ccccc4)c(Cl)c3)C(=O)OC(C)(C)C)nn1)c1ccncc12. The maximum Gasteiger partial charge on any atom is 0.410 e. The number of nitrogens with zero attached hydrogens (tertiary/aromatic N) is 6. The molecule has 1 N–H and O–H groups in total. The molecule has 0 aliphatic heterocycles. The second-order valence-electron chi connectivity index (χ2n) is 12.8. The number of amides is 1. The third-order valence-electron chi connectivity index (χ3n) is 8.02. The van der Waals surface area contributed by atoms with Gasteiger partial charge in [0.1, 0.15) is 11.4 Å². The van der Waals surface area contributed by atoms with Gasteiger partial charge in [0.15, 0.2) is 0 Å². The molecule has 0 bridgehead atoms. The van der Waals surface area contributed by atoms with Gasteiger partial charge in [0.2, 0.25) is 0 Å². The number of fused-ring (bicyclic) bond motifs is 3. The standard InChI is InChI=1S/C38H38ClN7O4/c1-38(2,3)50-37(48)45(23-25-10-12-29(33(39)20-25)26-8-6-5-7-9-26)18-15-28-24-46(44-43-28)19-17-41-35-31-14-16-40-22-32(31)30-13-11-27(36(47)49-4)21-34(30)42-35/h5-14,16,20-22,24H,15,17-19,23H2,1-4H3,(H,41,42). The van der Waals surface area contributed by atoms with Crippen LogP contribution in [-0.4, -0.2) is 67.7 Å². The minimum absolute atomic E-state index is 0.325. The number of ether oxygens (including phenoxy) is 2. The number of rotatable bonds is 11. The Labute approximate surface area is 295 Å². The minimum Gasteiger partial charge on any atom is -0.465 e. The van der Waals surface area contributed by atoms with Crippen LogP contribution in [0.2, 0.25) is 5.02 Å². The van der Waals surface area contributed by atoms with E-state index in [0.29, 0.717) is 54.5 Å². The first-order chi connectivity index (χ1) is 24.1. The Balaban J connectivity index is 1.12. The molecule has 3 aromatic carbocycles. The molecule has 11 nitrogen and oxygen atoms in total. The third-order valence-corrected chi connectivity index (χ3v) is 8.33. The number of methoxy groups -OCH3 is 1. The quantitative estimate of drug-likeness (QED) is 0.108. The zero-order valence-corrected chi connectivity index (χ0v) is 29.1. The van der Waals surface area contributed by atoms with E-state index < -0.39 is 17.7 Å². The highest BCUT2D eigenvalue weighted by Gasteiger charge is 2.23. The number of hydrogen-bond acceptors (Lipinski definition) is 9. The molecule has 256 valence electrons. The summed E-state index contributed by atoms with van der Waals surface area (Å²) in [5.74, 6) is 0.245. The van der Waals surface area contributed by atoms with Crippen LogP contribution in [-0.2, 0) is 29.0 Å². The highest BCUT2D eigenvalue weighted by molar-refractivity contribution is 6.33. The summed E-state index contributed by atoms with van der Waals surface area (Å²) in [6.07, 6.45) is 5.46. The average Bonchev–Trinajstić information content (AvgIpc) is 3.56. The van der Waals surface area contributed by atoms with Crippen molar-refractivity contribution in [2.75, 3.05) is 25.5 Å². The van der Waals surface area contributed by atoms with E-state index >= 15 is 0 Å². The van der Waals surface area contributed by atoms with Crippen molar-refractivity contribution in [2.45, 2.75) is 45.9 Å². The van der Waals surface area contributed by atoms with E-state index in [-0.39, 0.29) is 0 Å². The molecule has 0 saturated heterocycles. The molecule has 12 heteroatoms. The molecule has 3 aromatic heterocycles. The van der Waals surface area contributed by atoms with Gasteiger partial charge < -0.3 is 19.7 Å². The molecule has 6 rings (SSSR count). The molecule has 0 radical (unpaired) electrons. The number of carbonyl (C=O) groups is 2. The molecule has 0 saturated carbocycles. The van der Waals surface area contributed by atoms with Crippen LogP contribution in [0.3, 0.4) is 0 Å². The molecule has 0 aliphatic carbocycles. The van der Waals surface area contributed by atoms with Crippen LogP contribution in [0.25, 0.3) is 32.8 Å². The van der Waals surface area contributed by atoms with Crippen LogP contribution in [0.4, 0.5) is 10.6 Å². The molecular weight excluding hydrogens is 654 g/mol. The van der Waals surface area contributed by atoms with Crippen molar-refractivity contribution >= 4 is 51.2 Å². The van der Waals surface area contributed by atoms with Crippen LogP contribution in [0, 0.1) is 0 Å². The zero-order valence-electron chi connectivity index (χ0n) is 28.4. The number of aromatic nitrogens is 5. The number of halogens is 1. The fraction of sp³-hybridized carbons (Fsp3) is 0.263. The van der Waals surface area contributed by atoms with Gasteiger partial charge in [0, 0.05) is 71.4 Å². The maximum atomic E-state index is 13.3. The number of nitrogens with one attached hydrogen (secondary N) is 1. The average molecular weight is 692 g/mol. The van der Waals surface area contributed by atoms with Crippen LogP contribution < -0.4 is 5.32 Å². The lowest BCUT2D eigenvalue weighted by molar-refractivity contribution is 0.0235. The summed E-state index contributed by atoms with van der Waals surface area (Å²) in [5.41, 5.74) is 4.02. The number of hydrogen-bond donors (Lipinski definition) is 1. The molecule has 0 unspecified atom stereocenters. The van der Waals surface area contributed by atoms with E-state index in [2.05, 4.69) is 20.6 Å². The smallest absolute Gasteiger partial charge is 0.410 e. The van der Waals surface area contributed by atoms with Gasteiger partial charge in [-0.1, -0.05) is 65.3 Å². The van der Waals surface area contributed by atoms with Gasteiger partial charge in [0.05, 0.1) is 30.4 Å². The van der Waals surface area contributed by atoms with E-state index in [1.165, 1.54) is 7.11 Å². The van der Waals surface area contributed by atoms with Crippen molar-refractivity contribution in [3.05, 3.63) is 113 Å². The highest BCUT2D eigenvalue weighted by atomic mass is 35.5. The fourth-order valence-electron chi connectivity index (χ4n) is 5.62. The first-order valence-corrected chi connectivity index (χ1v) is 16.7. The van der Waals surface area contributed by atoms with Crippen molar-refractivity contribution in [3.63, 3.8) is 0 Å². The Morgan fingerprint density at radius 2 is 1.80 bits per heavy atom. The number of esters is 1. The molecule has 0 aliphatic rings. The first kappa shape index (κ1) is 34.3. The monoisotopic (exact) mass is 691 g/mol. The third kappa shape index (κ3) is 8.18. The second kappa shape index (κ2) is 14.9. The summed E-state index contributed by atoms with van der Waals surface area (Å²) in [4.78, 5) is 36.2. The number of anilines is 1. The molecule has 1 amide bonds. The summed E-state index contributed by atoms with van der Waals surface area (Å²) in [7, 11) is 1.35. The summed E-state index contributed by atoms with van der Waals surface area (Å²) >= 11 is 6.68. The van der Waals surface area contributed by atoms with Crippen molar-refractivity contribution in [1.82, 2.24) is 29.9 Å². The number of carbonyl (C=O) groups excluding carboxylic acids is 2. The summed E-state index contributed by atoms with van der Waals surface area (Å²) in [6.45, 7) is 7.27. The molecule has 0 atom stereocenters. The summed E-state index contributed by atoms with van der Waals surface area (Å²) < 4.78 is 12.4. The van der Waals surface area contributed by atoms with E-state index in [9.17, 15) is 9.59 Å². The van der Waals surface area contributed by atoms with Gasteiger partial charge in [-0.25, -0.2) is 14.6 Å². The topological polar surface area (TPSA) is 124 Å². The minimum atomic E-state index is -0.647. The maximum absolute atomic E-state index is 13.3. The van der Waals surface area contributed by atoms with Crippen molar-refractivity contribution in [1.29, 1.82) is 0 Å². The first-order valence-electron chi connectivity index (χ1n) is 16.3. The van der Waals surface area contributed by atoms with Crippen molar-refractivity contribution in [2.24, 2.45) is 0 Å². The Morgan fingerprint density at radius 3 is 2.56 bits per heavy atom. The number of pyridine rings is 2. The normalized spacial score (nSPS) is 11.5. The predicted octanol–water partition coefficient (Wildman–Crippen LogP) is 7.57. The van der Waals surface area contributed by atoms with Crippen molar-refractivity contribution < 1.29 is 19.1 Å². The lowest BCUT2D eigenvalue weighted by atomic mass is 10.0. The summed E-state index contributed by atoms with van der Waals surface area (Å²) in [5, 5.41) is 15.4. The molecule has 0 spiro atoms. The highest BCUT2D eigenvalue weighted by Crippen LogP contribution is 2.30. The molecule has 50 heavy (non-hydrogen) atoms. The van der Waals surface area contributed by atoms with Crippen LogP contribution in [0.1, 0.15) is 42.4 Å². The van der Waals surface area contributed by atoms with Gasteiger partial charge in [-0.3, -0.25) is 9.67 Å². The van der Waals surface area contributed by atoms with E-state index in [4.69, 9.17) is 26.1 Å². The Hall–Kier alpha value is -5.55. The lowest BCUT2D eigenvalue weighted by Crippen LogP contribution is -2.37. The van der Waals surface area contributed by atoms with Gasteiger partial charge in [-0.15, -0.1) is 5.10 Å². The van der Waals surface area contributed by atoms with Crippen molar-refractivity contribution in [3.8, 4) is 11.1 Å². The van der Waals surface area contributed by atoms with E-state index in [1.54, 1.807) is 34.1 Å². The Kier molecular flexibility index (Phi) is 10.2. The van der Waals surface area contributed by atoms with E-state index in [1.807, 2.05) is 87.6 Å². The Bertz CT molecular complexity index is 2150. The van der Waals surface area contributed by atoms with E-state index in [0.717, 1.165) is 38.5 Å². The van der Waals surface area contributed by atoms with Crippen LogP contribution in [0.15, 0.2) is 91.4 Å². The van der Waals surface area contributed by atoms with Gasteiger partial charge in [-0.2, -0.15) is 0 Å². The second-order valence-corrected chi connectivity index (χ2v) is 13.2. The largest absolute Gasteiger partial charge is 0.465 e. The molecular formula is C38H38ClN7O4. The Morgan fingerprint density at radius 1 is 0.980 bits per heavy atom. The lowest BCUT2D eigenvalue weighted by Gasteiger charge is -2.27. The zero-order chi connectivity index (χ0) is 35.3. The number of benzene rings is 3. The van der Waals surface area contributed by atoms with Gasteiger partial charge in [-0.05, 0) is 56.2 Å². The molecule has 6 aromatic rings. The fourth-order valence-corrected chi connectivity index (χ4v) is 5.93. The van der Waals surface area contributed by atoms with Gasteiger partial charge >= 0.3 is 12.1 Å².